The summed E-state index contributed by atoms with van der Waals surface area (Å²) in [5, 5.41) is 10.4. The molecule has 0 radical (unpaired) electrons. The number of ether oxygens (including phenoxy) is 1. The van der Waals surface area contributed by atoms with Gasteiger partial charge in [0.1, 0.15) is 17.8 Å². The van der Waals surface area contributed by atoms with Crippen LogP contribution in [-0.2, 0) is 36.2 Å². The van der Waals surface area contributed by atoms with Crippen LogP contribution in [0.15, 0.2) is 96.3 Å². The normalized spacial score (nSPS) is 20.2. The molecule has 1 aliphatic rings. The Kier molecular flexibility index (Phi) is 9.14. The molecule has 0 bridgehead atoms. The van der Waals surface area contributed by atoms with Crippen molar-refractivity contribution < 1.29 is 27.9 Å². The Morgan fingerprint density at radius 3 is 2.45 bits per heavy atom. The number of hydrogen-bond donors (Lipinski definition) is 2. The van der Waals surface area contributed by atoms with Gasteiger partial charge < -0.3 is 20.0 Å². The number of carbonyl (C=O) groups excluding carboxylic acids is 1. The first-order chi connectivity index (χ1) is 21.1. The van der Waals surface area contributed by atoms with Gasteiger partial charge in [0.25, 0.3) is 0 Å². The van der Waals surface area contributed by atoms with E-state index in [1.165, 1.54) is 19.2 Å². The molecule has 2 aromatic carbocycles. The number of carboxylic acid groups (broad SMARTS) is 1. The van der Waals surface area contributed by atoms with Crippen molar-refractivity contribution >= 4 is 44.8 Å². The van der Waals surface area contributed by atoms with Crippen LogP contribution in [0, 0.1) is 5.92 Å². The van der Waals surface area contributed by atoms with Gasteiger partial charge in [0, 0.05) is 25.6 Å². The predicted octanol–water partition coefficient (Wildman–Crippen LogP) is 3.98. The number of nitrogens with zero attached hydrogens (tertiary/aromatic N) is 3. The Balaban J connectivity index is 1.57. The Morgan fingerprint density at radius 2 is 1.80 bits per heavy atom. The average Bonchev–Trinajstić information content (AvgIpc) is 3.50. The zero-order valence-corrected chi connectivity index (χ0v) is 25.8. The second kappa shape index (κ2) is 12.8. The summed E-state index contributed by atoms with van der Waals surface area (Å²) in [7, 11) is -3.09. The van der Waals surface area contributed by atoms with Crippen molar-refractivity contribution in [3.05, 3.63) is 103 Å². The van der Waals surface area contributed by atoms with Crippen LogP contribution in [0.3, 0.4) is 0 Å². The first kappa shape index (κ1) is 31.3. The lowest BCUT2D eigenvalue weighted by Gasteiger charge is -2.44. The number of esters is 1. The summed E-state index contributed by atoms with van der Waals surface area (Å²) in [4.78, 5) is 31.4. The van der Waals surface area contributed by atoms with E-state index in [1.54, 1.807) is 60.9 Å². The third-order valence-corrected chi connectivity index (χ3v) is 10.7. The van der Waals surface area contributed by atoms with Gasteiger partial charge in [0.2, 0.25) is 10.0 Å². The topological polar surface area (TPSA) is 144 Å². The number of carboxylic acids is 1. The number of aromatic nitrogens is 2. The highest BCUT2D eigenvalue weighted by molar-refractivity contribution is 7.89. The fraction of sp³-hybridized carbons (Fsp3) is 0.312. The molecule has 230 valence electrons. The minimum Gasteiger partial charge on any atom is -0.481 e. The smallest absolute Gasteiger partial charge is 0.325 e. The number of pyridine rings is 1. The second-order valence-corrected chi connectivity index (χ2v) is 13.5. The summed E-state index contributed by atoms with van der Waals surface area (Å²) in [5.41, 5.74) is 7.45. The monoisotopic (exact) mass is 634 g/mol. The van der Waals surface area contributed by atoms with E-state index in [0.717, 1.165) is 16.3 Å². The highest BCUT2D eigenvalue weighted by Crippen LogP contribution is 2.42. The molecule has 1 saturated carbocycles. The lowest BCUT2D eigenvalue weighted by Crippen LogP contribution is -2.56. The summed E-state index contributed by atoms with van der Waals surface area (Å²) in [6.07, 6.45) is 6.73. The maximum atomic E-state index is 14.3. The molecule has 5 rings (SSSR count). The van der Waals surface area contributed by atoms with Gasteiger partial charge in [0.05, 0.1) is 21.2 Å². The molecule has 3 unspecified atom stereocenters. The van der Waals surface area contributed by atoms with Crippen LogP contribution in [0.2, 0.25) is 0 Å². The summed E-state index contributed by atoms with van der Waals surface area (Å²) >= 11 is 5.62. The zero-order chi connectivity index (χ0) is 31.5. The average molecular weight is 635 g/mol. The predicted molar refractivity (Wildman–Crippen MR) is 168 cm³/mol. The Hall–Kier alpha value is -4.13. The number of hydrogen-bond acceptors (Lipinski definition) is 7. The molecule has 2 heterocycles. The van der Waals surface area contributed by atoms with Crippen LogP contribution in [0.4, 0.5) is 0 Å². The molecule has 1 fully saturated rings. The third kappa shape index (κ3) is 5.97. The minimum absolute atomic E-state index is 0.0760. The molecule has 10 nitrogen and oxygen atoms in total. The first-order valence-corrected chi connectivity index (χ1v) is 16.1. The number of aliphatic carboxylic acids is 1. The highest BCUT2D eigenvalue weighted by Gasteiger charge is 2.50. The molecular formula is C32H34N4O6S2. The molecule has 0 spiro atoms. The van der Waals surface area contributed by atoms with Crippen LogP contribution < -0.4 is 5.73 Å². The largest absolute Gasteiger partial charge is 0.481 e. The van der Waals surface area contributed by atoms with Crippen LogP contribution in [0.25, 0.3) is 5.65 Å². The number of rotatable bonds is 11. The number of fused-ring (bicyclic) bond motifs is 1. The number of likely N-dealkylation sites (N-methyl/N-ethyl adjacent to an activating group) is 1. The standard InChI is InChI=1S/C32H34N4O6S2/c1-35(44(40,41)24-12-6-3-7-13-24)28(25(29(37)38)20-22-10-4-2-5-11-22)30(39)42-26-14-8-9-17-32(26,31(33)43)23-15-16-27-34-18-19-36(27)21-23/h2-7,10-13,15-16,18-19,21,25-26,28H,8-9,14,17,20H2,1H3,(H2,33,43)(H,37,38)/t25?,26?,28-,32?/m0/s1. The molecule has 12 heteroatoms. The Morgan fingerprint density at radius 1 is 1.11 bits per heavy atom. The molecule has 3 N–H and O–H groups in total. The van der Waals surface area contributed by atoms with E-state index in [2.05, 4.69) is 4.98 Å². The Labute approximate surface area is 261 Å². The number of sulfonamides is 1. The molecule has 4 atom stereocenters. The van der Waals surface area contributed by atoms with Crippen molar-refractivity contribution in [3.63, 3.8) is 0 Å². The molecule has 4 aromatic rings. The van der Waals surface area contributed by atoms with Crippen molar-refractivity contribution in [1.29, 1.82) is 0 Å². The number of benzene rings is 2. The van der Waals surface area contributed by atoms with Gasteiger partial charge in [-0.2, -0.15) is 4.31 Å². The summed E-state index contributed by atoms with van der Waals surface area (Å²) in [6.45, 7) is 0. The number of imidazole rings is 1. The van der Waals surface area contributed by atoms with Gasteiger partial charge in [0.15, 0.2) is 0 Å². The maximum absolute atomic E-state index is 14.3. The van der Waals surface area contributed by atoms with E-state index >= 15 is 0 Å². The van der Waals surface area contributed by atoms with E-state index in [-0.39, 0.29) is 16.3 Å². The fourth-order valence-electron chi connectivity index (χ4n) is 6.13. The Bertz CT molecular complexity index is 1760. The summed E-state index contributed by atoms with van der Waals surface area (Å²) in [5.74, 6) is -3.77. The number of thiocarbonyl (C=S) groups is 1. The quantitative estimate of drug-likeness (QED) is 0.185. The number of carbonyl (C=O) groups is 2. The van der Waals surface area contributed by atoms with Gasteiger partial charge >= 0.3 is 11.9 Å². The van der Waals surface area contributed by atoms with Crippen molar-refractivity contribution in [2.45, 2.75) is 54.6 Å². The molecule has 1 aliphatic carbocycles. The van der Waals surface area contributed by atoms with Crippen molar-refractivity contribution in [2.75, 3.05) is 7.05 Å². The summed E-state index contributed by atoms with van der Waals surface area (Å²) in [6, 6.07) is 18.3. The first-order valence-electron chi connectivity index (χ1n) is 14.3. The van der Waals surface area contributed by atoms with Gasteiger partial charge in [-0.1, -0.05) is 73.2 Å². The van der Waals surface area contributed by atoms with Crippen LogP contribution in [0.1, 0.15) is 36.8 Å². The van der Waals surface area contributed by atoms with Gasteiger partial charge in [-0.15, -0.1) is 0 Å². The van der Waals surface area contributed by atoms with E-state index in [9.17, 15) is 23.1 Å². The summed E-state index contributed by atoms with van der Waals surface area (Å²) < 4.78 is 36.4. The molecule has 0 amide bonds. The minimum atomic E-state index is -4.30. The molecule has 2 aromatic heterocycles. The van der Waals surface area contributed by atoms with E-state index < -0.39 is 45.4 Å². The van der Waals surface area contributed by atoms with Crippen LogP contribution in [0.5, 0.6) is 0 Å². The van der Waals surface area contributed by atoms with Gasteiger partial charge in [-0.3, -0.25) is 9.59 Å². The van der Waals surface area contributed by atoms with Crippen LogP contribution >= 0.6 is 12.2 Å². The SMILES string of the molecule is CN([C@H](C(=O)OC1CCCCC1(C(N)=S)c1ccc2nccn2c1)C(Cc1ccccc1)C(=O)O)S(=O)(=O)c1ccccc1. The van der Waals surface area contributed by atoms with Crippen molar-refractivity contribution in [3.8, 4) is 0 Å². The fourth-order valence-corrected chi connectivity index (χ4v) is 7.84. The molecule has 0 saturated heterocycles. The van der Waals surface area contributed by atoms with E-state index in [4.69, 9.17) is 22.7 Å². The lowest BCUT2D eigenvalue weighted by molar-refractivity contribution is -0.164. The lowest BCUT2D eigenvalue weighted by atomic mass is 9.67. The van der Waals surface area contributed by atoms with Gasteiger partial charge in [-0.05, 0) is 55.0 Å². The molecule has 44 heavy (non-hydrogen) atoms. The van der Waals surface area contributed by atoms with E-state index in [1.807, 2.05) is 22.7 Å². The number of nitrogens with two attached hydrogens (primary N) is 1. The van der Waals surface area contributed by atoms with Crippen LogP contribution in [-0.4, -0.2) is 63.3 Å². The molecular weight excluding hydrogens is 601 g/mol. The van der Waals surface area contributed by atoms with Crippen molar-refractivity contribution in [2.24, 2.45) is 11.7 Å². The van der Waals surface area contributed by atoms with Crippen molar-refractivity contribution in [1.82, 2.24) is 13.7 Å². The highest BCUT2D eigenvalue weighted by atomic mass is 32.2. The van der Waals surface area contributed by atoms with Gasteiger partial charge in [-0.25, -0.2) is 13.4 Å². The zero-order valence-electron chi connectivity index (χ0n) is 24.2. The maximum Gasteiger partial charge on any atom is 0.325 e. The van der Waals surface area contributed by atoms with E-state index in [0.29, 0.717) is 30.5 Å². The molecule has 0 aliphatic heterocycles. The second-order valence-electron chi connectivity index (χ2n) is 11.0. The third-order valence-electron chi connectivity index (χ3n) is 8.49.